The normalized spacial score (nSPS) is 14.1. The van der Waals surface area contributed by atoms with Crippen LogP contribution < -0.4 is 30.3 Å². The first kappa shape index (κ1) is 24.2. The zero-order chi connectivity index (χ0) is 24.0. The van der Waals surface area contributed by atoms with Crippen molar-refractivity contribution in [2.45, 2.75) is 39.7 Å². The molecule has 0 radical (unpaired) electrons. The molecular formula is C25H34N4O4. The summed E-state index contributed by atoms with van der Waals surface area (Å²) >= 11 is 0. The summed E-state index contributed by atoms with van der Waals surface area (Å²) in [5, 5.41) is 8.57. The standard InChI is InChI=1S/C25H34N4O4/c1-16(2)26-24(30)22-14-18(6-7-23(22)29-10-8-17(3)9-11-29)27-25(31)28-19-12-20(32-4)15-21(13-19)33-5/h6-7,12-17H,8-11H2,1-5H3,(H,26,30)(H2,27,28,31). The fourth-order valence-corrected chi connectivity index (χ4v) is 3.83. The van der Waals surface area contributed by atoms with E-state index >= 15 is 0 Å². The molecular weight excluding hydrogens is 420 g/mol. The summed E-state index contributed by atoms with van der Waals surface area (Å²) in [5.74, 6) is 1.67. The van der Waals surface area contributed by atoms with Crippen LogP contribution in [0.1, 0.15) is 44.0 Å². The predicted molar refractivity (Wildman–Crippen MR) is 132 cm³/mol. The van der Waals surface area contributed by atoms with Gasteiger partial charge in [0.15, 0.2) is 0 Å². The number of methoxy groups -OCH3 is 2. The van der Waals surface area contributed by atoms with Gasteiger partial charge in [-0.2, -0.15) is 0 Å². The molecule has 0 spiro atoms. The first-order valence-corrected chi connectivity index (χ1v) is 11.3. The molecule has 3 rings (SSSR count). The van der Waals surface area contributed by atoms with Crippen molar-refractivity contribution in [1.29, 1.82) is 0 Å². The lowest BCUT2D eigenvalue weighted by molar-refractivity contribution is 0.0943. The molecule has 1 aliphatic heterocycles. The summed E-state index contributed by atoms with van der Waals surface area (Å²) in [5.41, 5.74) is 2.51. The van der Waals surface area contributed by atoms with Crippen molar-refractivity contribution in [1.82, 2.24) is 5.32 Å². The number of amides is 3. The second kappa shape index (κ2) is 10.9. The highest BCUT2D eigenvalue weighted by molar-refractivity contribution is 6.04. The summed E-state index contributed by atoms with van der Waals surface area (Å²) in [6, 6.07) is 10.2. The third-order valence-corrected chi connectivity index (χ3v) is 5.65. The number of ether oxygens (including phenoxy) is 2. The number of carbonyl (C=O) groups excluding carboxylic acids is 2. The molecule has 0 unspecified atom stereocenters. The molecule has 0 aliphatic carbocycles. The fraction of sp³-hybridized carbons (Fsp3) is 0.440. The Morgan fingerprint density at radius 2 is 1.55 bits per heavy atom. The minimum Gasteiger partial charge on any atom is -0.497 e. The summed E-state index contributed by atoms with van der Waals surface area (Å²) in [4.78, 5) is 27.9. The maximum Gasteiger partial charge on any atom is 0.323 e. The Morgan fingerprint density at radius 3 is 2.12 bits per heavy atom. The highest BCUT2D eigenvalue weighted by atomic mass is 16.5. The molecule has 1 fully saturated rings. The lowest BCUT2D eigenvalue weighted by atomic mass is 9.97. The third kappa shape index (κ3) is 6.54. The SMILES string of the molecule is COc1cc(NC(=O)Nc2ccc(N3CCC(C)CC3)c(C(=O)NC(C)C)c2)cc(OC)c1. The molecule has 1 aliphatic rings. The van der Waals surface area contributed by atoms with Gasteiger partial charge in [-0.15, -0.1) is 0 Å². The summed E-state index contributed by atoms with van der Waals surface area (Å²) in [7, 11) is 3.10. The van der Waals surface area contributed by atoms with Gasteiger partial charge in [0.2, 0.25) is 0 Å². The van der Waals surface area contributed by atoms with Gasteiger partial charge in [-0.05, 0) is 50.8 Å². The number of urea groups is 1. The smallest absolute Gasteiger partial charge is 0.323 e. The van der Waals surface area contributed by atoms with Crippen molar-refractivity contribution in [2.24, 2.45) is 5.92 Å². The van der Waals surface area contributed by atoms with E-state index in [1.165, 1.54) is 0 Å². The second-order valence-electron chi connectivity index (χ2n) is 8.71. The Morgan fingerprint density at radius 1 is 0.939 bits per heavy atom. The minimum atomic E-state index is -0.430. The van der Waals surface area contributed by atoms with Crippen LogP contribution in [0.3, 0.4) is 0 Å². The molecule has 1 saturated heterocycles. The number of piperidine rings is 1. The number of nitrogens with zero attached hydrogens (tertiary/aromatic N) is 1. The molecule has 33 heavy (non-hydrogen) atoms. The van der Waals surface area contributed by atoms with Crippen LogP contribution in [-0.4, -0.2) is 45.3 Å². The molecule has 2 aromatic carbocycles. The lowest BCUT2D eigenvalue weighted by Gasteiger charge is -2.33. The van der Waals surface area contributed by atoms with E-state index in [4.69, 9.17) is 9.47 Å². The van der Waals surface area contributed by atoms with E-state index in [1.54, 1.807) is 38.5 Å². The van der Waals surface area contributed by atoms with Crippen LogP contribution in [0.15, 0.2) is 36.4 Å². The Balaban J connectivity index is 1.80. The zero-order valence-electron chi connectivity index (χ0n) is 20.0. The van der Waals surface area contributed by atoms with Crippen molar-refractivity contribution in [3.63, 3.8) is 0 Å². The van der Waals surface area contributed by atoms with Gasteiger partial charge in [-0.3, -0.25) is 4.79 Å². The molecule has 0 atom stereocenters. The number of rotatable bonds is 7. The van der Waals surface area contributed by atoms with Gasteiger partial charge in [0.1, 0.15) is 11.5 Å². The van der Waals surface area contributed by atoms with Crippen LogP contribution >= 0.6 is 0 Å². The van der Waals surface area contributed by atoms with Crippen molar-refractivity contribution in [3.8, 4) is 11.5 Å². The first-order chi connectivity index (χ1) is 15.8. The Kier molecular flexibility index (Phi) is 8.03. The predicted octanol–water partition coefficient (Wildman–Crippen LogP) is 4.72. The van der Waals surface area contributed by atoms with E-state index in [9.17, 15) is 9.59 Å². The lowest BCUT2D eigenvalue weighted by Crippen LogP contribution is -2.36. The largest absolute Gasteiger partial charge is 0.497 e. The van der Waals surface area contributed by atoms with Gasteiger partial charge < -0.3 is 30.3 Å². The molecule has 0 aromatic heterocycles. The molecule has 3 N–H and O–H groups in total. The third-order valence-electron chi connectivity index (χ3n) is 5.65. The van der Waals surface area contributed by atoms with Crippen LogP contribution in [0.25, 0.3) is 0 Å². The number of anilines is 3. The van der Waals surface area contributed by atoms with E-state index in [-0.39, 0.29) is 11.9 Å². The van der Waals surface area contributed by atoms with Crippen LogP contribution in [0, 0.1) is 5.92 Å². The van der Waals surface area contributed by atoms with E-state index < -0.39 is 6.03 Å². The van der Waals surface area contributed by atoms with Crippen LogP contribution in [0.2, 0.25) is 0 Å². The molecule has 2 aromatic rings. The van der Waals surface area contributed by atoms with E-state index in [2.05, 4.69) is 27.8 Å². The molecule has 8 nitrogen and oxygen atoms in total. The van der Waals surface area contributed by atoms with Gasteiger partial charge in [0, 0.05) is 54.4 Å². The Labute approximate surface area is 195 Å². The van der Waals surface area contributed by atoms with E-state index in [1.807, 2.05) is 26.0 Å². The minimum absolute atomic E-state index is 0.00897. The van der Waals surface area contributed by atoms with Gasteiger partial charge in [-0.25, -0.2) is 4.79 Å². The molecule has 178 valence electrons. The van der Waals surface area contributed by atoms with Gasteiger partial charge in [0.05, 0.1) is 19.8 Å². The monoisotopic (exact) mass is 454 g/mol. The maximum atomic E-state index is 13.0. The Bertz CT molecular complexity index is 962. The summed E-state index contributed by atoms with van der Waals surface area (Å²) < 4.78 is 10.5. The maximum absolute atomic E-state index is 13.0. The van der Waals surface area contributed by atoms with Crippen molar-refractivity contribution in [3.05, 3.63) is 42.0 Å². The van der Waals surface area contributed by atoms with Crippen molar-refractivity contribution in [2.75, 3.05) is 42.8 Å². The second-order valence-corrected chi connectivity index (χ2v) is 8.71. The summed E-state index contributed by atoms with van der Waals surface area (Å²) in [6.45, 7) is 7.94. The number of benzene rings is 2. The van der Waals surface area contributed by atoms with Gasteiger partial charge in [0.25, 0.3) is 5.91 Å². The first-order valence-electron chi connectivity index (χ1n) is 11.3. The van der Waals surface area contributed by atoms with Crippen molar-refractivity contribution < 1.29 is 19.1 Å². The molecule has 8 heteroatoms. The Hall–Kier alpha value is -3.42. The highest BCUT2D eigenvalue weighted by Crippen LogP contribution is 2.29. The van der Waals surface area contributed by atoms with Gasteiger partial charge in [-0.1, -0.05) is 6.92 Å². The molecule has 0 saturated carbocycles. The molecule has 0 bridgehead atoms. The summed E-state index contributed by atoms with van der Waals surface area (Å²) in [6.07, 6.45) is 2.19. The van der Waals surface area contributed by atoms with E-state index in [0.717, 1.165) is 31.6 Å². The number of hydrogen-bond donors (Lipinski definition) is 3. The van der Waals surface area contributed by atoms with Crippen LogP contribution in [0.4, 0.5) is 21.9 Å². The van der Waals surface area contributed by atoms with Gasteiger partial charge >= 0.3 is 6.03 Å². The number of nitrogens with one attached hydrogen (secondary N) is 3. The molecule has 3 amide bonds. The molecule has 1 heterocycles. The van der Waals surface area contributed by atoms with Crippen molar-refractivity contribution >= 4 is 29.0 Å². The zero-order valence-corrected chi connectivity index (χ0v) is 20.0. The average molecular weight is 455 g/mol. The van der Waals surface area contributed by atoms with E-state index in [0.29, 0.717) is 34.4 Å². The topological polar surface area (TPSA) is 91.9 Å². The van der Waals surface area contributed by atoms with Crippen LogP contribution in [0.5, 0.6) is 11.5 Å². The quantitative estimate of drug-likeness (QED) is 0.563. The number of hydrogen-bond acceptors (Lipinski definition) is 5. The number of carbonyl (C=O) groups is 2. The average Bonchev–Trinajstić information content (AvgIpc) is 2.78. The fourth-order valence-electron chi connectivity index (χ4n) is 3.83. The highest BCUT2D eigenvalue weighted by Gasteiger charge is 2.22. The van der Waals surface area contributed by atoms with Crippen LogP contribution in [-0.2, 0) is 0 Å².